The Kier molecular flexibility index (Phi) is 4.73. The van der Waals surface area contributed by atoms with Crippen LogP contribution in [-0.2, 0) is 4.79 Å². The minimum absolute atomic E-state index is 0.345. The van der Waals surface area contributed by atoms with Crippen molar-refractivity contribution in [3.63, 3.8) is 0 Å². The molecule has 2 rings (SSSR count). The molecular weight excluding hydrogens is 284 g/mol. The van der Waals surface area contributed by atoms with Crippen molar-refractivity contribution in [2.45, 2.75) is 0 Å². The summed E-state index contributed by atoms with van der Waals surface area (Å²) < 4.78 is 5.10. The number of benzene rings is 1. The number of carboxylic acid groups (broad SMARTS) is 1. The molecule has 6 heteroatoms. The zero-order chi connectivity index (χ0) is 16.1. The lowest BCUT2D eigenvalue weighted by Crippen LogP contribution is -2.32. The van der Waals surface area contributed by atoms with Crippen LogP contribution in [0.5, 0.6) is 5.75 Å². The van der Waals surface area contributed by atoms with Gasteiger partial charge in [-0.1, -0.05) is 12.1 Å². The molecule has 0 radical (unpaired) electrons. The van der Waals surface area contributed by atoms with Crippen LogP contribution < -0.4 is 4.74 Å². The van der Waals surface area contributed by atoms with E-state index in [4.69, 9.17) is 9.84 Å². The van der Waals surface area contributed by atoms with Crippen molar-refractivity contribution in [2.24, 2.45) is 0 Å². The molecule has 0 spiro atoms. The van der Waals surface area contributed by atoms with Crippen molar-refractivity contribution in [3.8, 4) is 16.9 Å². The first kappa shape index (κ1) is 15.5. The number of aliphatic carboxylic acids is 1. The minimum atomic E-state index is -1.06. The molecule has 1 N–H and O–H groups in total. The van der Waals surface area contributed by atoms with E-state index < -0.39 is 5.97 Å². The summed E-state index contributed by atoms with van der Waals surface area (Å²) in [5.41, 5.74) is 2.01. The number of pyridine rings is 1. The number of methoxy groups -OCH3 is 1. The molecule has 0 atom stereocenters. The summed E-state index contributed by atoms with van der Waals surface area (Å²) in [6.45, 7) is -0.356. The largest absolute Gasteiger partial charge is 0.497 e. The van der Waals surface area contributed by atoms with Crippen LogP contribution in [0.1, 0.15) is 10.4 Å². The van der Waals surface area contributed by atoms with Gasteiger partial charge in [0, 0.05) is 25.0 Å². The molecule has 0 unspecified atom stereocenters. The Morgan fingerprint density at radius 1 is 1.18 bits per heavy atom. The van der Waals surface area contributed by atoms with Gasteiger partial charge >= 0.3 is 5.97 Å². The predicted octanol–water partition coefficient (Wildman–Crippen LogP) is 1.91. The Bertz CT molecular complexity index is 683. The molecule has 1 heterocycles. The molecule has 2 aromatic rings. The van der Waals surface area contributed by atoms with Gasteiger partial charge in [0.1, 0.15) is 12.3 Å². The van der Waals surface area contributed by atoms with Gasteiger partial charge in [0.15, 0.2) is 0 Å². The van der Waals surface area contributed by atoms with Crippen LogP contribution in [0.3, 0.4) is 0 Å². The van der Waals surface area contributed by atoms with Gasteiger partial charge in [-0.25, -0.2) is 0 Å². The maximum atomic E-state index is 12.2. The number of likely N-dealkylation sites (N-methyl/N-ethyl adjacent to an activating group) is 1. The second-order valence-corrected chi connectivity index (χ2v) is 4.75. The van der Waals surface area contributed by atoms with E-state index >= 15 is 0 Å². The third-order valence-corrected chi connectivity index (χ3v) is 3.13. The number of aromatic nitrogens is 1. The first-order valence-electron chi connectivity index (χ1n) is 6.58. The van der Waals surface area contributed by atoms with Crippen LogP contribution in [0.4, 0.5) is 0 Å². The lowest BCUT2D eigenvalue weighted by Gasteiger charge is -2.14. The molecule has 1 aromatic heterocycles. The SMILES string of the molecule is COc1ccc(-c2cncc(C(=O)N(C)CC(=O)O)c2)cc1. The van der Waals surface area contributed by atoms with E-state index in [1.165, 1.54) is 13.2 Å². The van der Waals surface area contributed by atoms with E-state index in [2.05, 4.69) is 4.98 Å². The smallest absolute Gasteiger partial charge is 0.323 e. The van der Waals surface area contributed by atoms with Gasteiger partial charge in [0.2, 0.25) is 0 Å². The topological polar surface area (TPSA) is 79.7 Å². The second kappa shape index (κ2) is 6.71. The van der Waals surface area contributed by atoms with Crippen molar-refractivity contribution < 1.29 is 19.4 Å². The van der Waals surface area contributed by atoms with Gasteiger partial charge in [0.25, 0.3) is 5.91 Å². The van der Waals surface area contributed by atoms with Gasteiger partial charge < -0.3 is 14.7 Å². The number of carbonyl (C=O) groups is 2. The van der Waals surface area contributed by atoms with Gasteiger partial charge in [-0.05, 0) is 23.8 Å². The summed E-state index contributed by atoms with van der Waals surface area (Å²) in [6, 6.07) is 9.06. The van der Waals surface area contributed by atoms with Crippen LogP contribution in [0.15, 0.2) is 42.7 Å². The van der Waals surface area contributed by atoms with Crippen molar-refractivity contribution in [1.82, 2.24) is 9.88 Å². The highest BCUT2D eigenvalue weighted by Crippen LogP contribution is 2.22. The summed E-state index contributed by atoms with van der Waals surface area (Å²) in [5, 5.41) is 8.74. The van der Waals surface area contributed by atoms with Crippen molar-refractivity contribution in [1.29, 1.82) is 0 Å². The van der Waals surface area contributed by atoms with E-state index in [-0.39, 0.29) is 12.5 Å². The number of hydrogen-bond acceptors (Lipinski definition) is 4. The minimum Gasteiger partial charge on any atom is -0.497 e. The third kappa shape index (κ3) is 3.60. The average Bonchev–Trinajstić information content (AvgIpc) is 2.53. The maximum absolute atomic E-state index is 12.2. The predicted molar refractivity (Wildman–Crippen MR) is 80.8 cm³/mol. The Hall–Kier alpha value is -2.89. The summed E-state index contributed by atoms with van der Waals surface area (Å²) >= 11 is 0. The van der Waals surface area contributed by atoms with Crippen molar-refractivity contribution in [3.05, 3.63) is 48.3 Å². The maximum Gasteiger partial charge on any atom is 0.323 e. The molecule has 0 saturated heterocycles. The number of carbonyl (C=O) groups excluding carboxylic acids is 1. The fraction of sp³-hybridized carbons (Fsp3) is 0.188. The van der Waals surface area contributed by atoms with Crippen molar-refractivity contribution in [2.75, 3.05) is 20.7 Å². The van der Waals surface area contributed by atoms with Crippen LogP contribution >= 0.6 is 0 Å². The van der Waals surface area contributed by atoms with Crippen LogP contribution in [0.2, 0.25) is 0 Å². The molecule has 0 bridgehead atoms. The van der Waals surface area contributed by atoms with Crippen LogP contribution in [0.25, 0.3) is 11.1 Å². The van der Waals surface area contributed by atoms with Gasteiger partial charge in [0.05, 0.1) is 12.7 Å². The van der Waals surface area contributed by atoms with Crippen LogP contribution in [0, 0.1) is 0 Å². The second-order valence-electron chi connectivity index (χ2n) is 4.75. The molecule has 22 heavy (non-hydrogen) atoms. The first-order chi connectivity index (χ1) is 10.5. The van der Waals surface area contributed by atoms with Crippen molar-refractivity contribution >= 4 is 11.9 Å². The Morgan fingerprint density at radius 2 is 1.86 bits per heavy atom. The highest BCUT2D eigenvalue weighted by molar-refractivity contribution is 5.96. The highest BCUT2D eigenvalue weighted by Gasteiger charge is 2.15. The monoisotopic (exact) mass is 300 g/mol. The summed E-state index contributed by atoms with van der Waals surface area (Å²) in [6.07, 6.45) is 3.07. The van der Waals surface area contributed by atoms with Gasteiger partial charge in [-0.2, -0.15) is 0 Å². The zero-order valence-corrected chi connectivity index (χ0v) is 12.3. The van der Waals surface area contributed by atoms with E-state index in [1.54, 1.807) is 19.4 Å². The number of rotatable bonds is 5. The van der Waals surface area contributed by atoms with Gasteiger partial charge in [-0.15, -0.1) is 0 Å². The molecular formula is C16H16N2O4. The molecule has 114 valence electrons. The molecule has 0 aliphatic rings. The van der Waals surface area contributed by atoms with E-state index in [9.17, 15) is 9.59 Å². The lowest BCUT2D eigenvalue weighted by atomic mass is 10.1. The normalized spacial score (nSPS) is 10.1. The molecule has 1 amide bonds. The molecule has 0 fully saturated rings. The molecule has 0 aliphatic carbocycles. The zero-order valence-electron chi connectivity index (χ0n) is 12.3. The molecule has 0 aliphatic heterocycles. The number of carboxylic acids is 1. The Labute approximate surface area is 128 Å². The number of nitrogens with zero attached hydrogens (tertiary/aromatic N) is 2. The molecule has 0 saturated carbocycles. The molecule has 1 aromatic carbocycles. The number of amides is 1. The fourth-order valence-corrected chi connectivity index (χ4v) is 1.99. The summed E-state index contributed by atoms with van der Waals surface area (Å²) in [7, 11) is 3.03. The Morgan fingerprint density at radius 3 is 2.45 bits per heavy atom. The van der Waals surface area contributed by atoms with Gasteiger partial charge in [-0.3, -0.25) is 14.6 Å². The highest BCUT2D eigenvalue weighted by atomic mass is 16.5. The first-order valence-corrected chi connectivity index (χ1v) is 6.58. The standard InChI is InChI=1S/C16H16N2O4/c1-18(10-15(19)20)16(21)13-7-12(8-17-9-13)11-3-5-14(22-2)6-4-11/h3-9H,10H2,1-2H3,(H,19,20). The number of hydrogen-bond donors (Lipinski definition) is 1. The summed E-state index contributed by atoms with van der Waals surface area (Å²) in [4.78, 5) is 28.0. The van der Waals surface area contributed by atoms with E-state index in [0.717, 1.165) is 21.8 Å². The Balaban J connectivity index is 2.25. The number of ether oxygens (including phenoxy) is 1. The van der Waals surface area contributed by atoms with E-state index in [1.807, 2.05) is 24.3 Å². The lowest BCUT2D eigenvalue weighted by molar-refractivity contribution is -0.137. The summed E-state index contributed by atoms with van der Waals surface area (Å²) in [5.74, 6) is -0.703. The van der Waals surface area contributed by atoms with E-state index in [0.29, 0.717) is 5.56 Å². The quantitative estimate of drug-likeness (QED) is 0.912. The average molecular weight is 300 g/mol. The van der Waals surface area contributed by atoms with Crippen LogP contribution in [-0.4, -0.2) is 47.6 Å². The fourth-order valence-electron chi connectivity index (χ4n) is 1.99. The molecule has 6 nitrogen and oxygen atoms in total. The third-order valence-electron chi connectivity index (χ3n) is 3.13.